The predicted molar refractivity (Wildman–Crippen MR) is 67.8 cm³/mol. The average molecular weight is 271 g/mol. The zero-order chi connectivity index (χ0) is 13.8. The lowest BCUT2D eigenvalue weighted by Gasteiger charge is -2.34. The zero-order valence-corrected chi connectivity index (χ0v) is 10.9. The normalized spacial score (nSPS) is 22.1. The monoisotopic (exact) mass is 271 g/mol. The lowest BCUT2D eigenvalue weighted by molar-refractivity contribution is -0.146. The molecule has 2 fully saturated rings. The van der Waals surface area contributed by atoms with Gasteiger partial charge in [0, 0.05) is 32.7 Å². The Morgan fingerprint density at radius 2 is 1.84 bits per heavy atom. The molecule has 0 unspecified atom stereocenters. The van der Waals surface area contributed by atoms with Gasteiger partial charge in [-0.15, -0.1) is 0 Å². The highest BCUT2D eigenvalue weighted by Crippen LogP contribution is 2.29. The SMILES string of the molecule is O=C(O)[C@@H](O)CNC(=O)N1CCN(CC2CC2)CC1. The van der Waals surface area contributed by atoms with Gasteiger partial charge in [-0.25, -0.2) is 9.59 Å². The first-order valence-electron chi connectivity index (χ1n) is 6.72. The van der Waals surface area contributed by atoms with Crippen LogP contribution in [0.2, 0.25) is 0 Å². The Bertz CT molecular complexity index is 338. The van der Waals surface area contributed by atoms with Gasteiger partial charge in [-0.05, 0) is 18.8 Å². The molecule has 0 spiro atoms. The largest absolute Gasteiger partial charge is 0.479 e. The number of urea groups is 1. The van der Waals surface area contributed by atoms with E-state index in [1.165, 1.54) is 12.8 Å². The molecule has 0 bridgehead atoms. The minimum absolute atomic E-state index is 0.254. The third-order valence-electron chi connectivity index (χ3n) is 3.60. The predicted octanol–water partition coefficient (Wildman–Crippen LogP) is -0.831. The third-order valence-corrected chi connectivity index (χ3v) is 3.60. The van der Waals surface area contributed by atoms with Crippen LogP contribution in [-0.4, -0.2) is 77.4 Å². The number of carbonyl (C=O) groups excluding carboxylic acids is 1. The van der Waals surface area contributed by atoms with Crippen LogP contribution in [0, 0.1) is 5.92 Å². The Kier molecular flexibility index (Phi) is 4.60. The van der Waals surface area contributed by atoms with Crippen LogP contribution in [0.15, 0.2) is 0 Å². The van der Waals surface area contributed by atoms with E-state index in [4.69, 9.17) is 10.2 Å². The number of carboxylic acids is 1. The molecule has 1 saturated heterocycles. The van der Waals surface area contributed by atoms with Gasteiger partial charge in [0.1, 0.15) is 0 Å². The van der Waals surface area contributed by atoms with Crippen molar-refractivity contribution in [2.75, 3.05) is 39.3 Å². The van der Waals surface area contributed by atoms with Gasteiger partial charge in [0.15, 0.2) is 6.10 Å². The molecule has 7 heteroatoms. The summed E-state index contributed by atoms with van der Waals surface area (Å²) < 4.78 is 0. The van der Waals surface area contributed by atoms with Crippen LogP contribution in [0.3, 0.4) is 0 Å². The molecule has 0 aromatic rings. The van der Waals surface area contributed by atoms with E-state index in [9.17, 15) is 9.59 Å². The summed E-state index contributed by atoms with van der Waals surface area (Å²) in [4.78, 5) is 26.2. The molecule has 0 radical (unpaired) electrons. The molecule has 7 nitrogen and oxygen atoms in total. The van der Waals surface area contributed by atoms with E-state index in [1.807, 2.05) is 0 Å². The molecule has 2 rings (SSSR count). The van der Waals surface area contributed by atoms with Crippen molar-refractivity contribution in [3.63, 3.8) is 0 Å². The third kappa shape index (κ3) is 4.36. The zero-order valence-electron chi connectivity index (χ0n) is 10.9. The fourth-order valence-corrected chi connectivity index (χ4v) is 2.18. The number of aliphatic carboxylic acids is 1. The van der Waals surface area contributed by atoms with Gasteiger partial charge in [-0.2, -0.15) is 0 Å². The van der Waals surface area contributed by atoms with Crippen LogP contribution in [-0.2, 0) is 4.79 Å². The maximum atomic E-state index is 11.8. The van der Waals surface area contributed by atoms with E-state index < -0.39 is 12.1 Å². The molecule has 108 valence electrons. The minimum Gasteiger partial charge on any atom is -0.479 e. The second kappa shape index (κ2) is 6.21. The van der Waals surface area contributed by atoms with E-state index in [0.29, 0.717) is 13.1 Å². The molecule has 1 aliphatic heterocycles. The molecular weight excluding hydrogens is 250 g/mol. The smallest absolute Gasteiger partial charge is 0.334 e. The number of aliphatic hydroxyl groups is 1. The standard InChI is InChI=1S/C12H21N3O4/c16-10(11(17)18)7-13-12(19)15-5-3-14(4-6-15)8-9-1-2-9/h9-10,16H,1-8H2,(H,13,19)(H,17,18)/t10-/m0/s1. The number of amides is 2. The van der Waals surface area contributed by atoms with Crippen molar-refractivity contribution in [2.45, 2.75) is 18.9 Å². The summed E-state index contributed by atoms with van der Waals surface area (Å²) in [5.41, 5.74) is 0. The summed E-state index contributed by atoms with van der Waals surface area (Å²) in [6.45, 7) is 3.92. The van der Waals surface area contributed by atoms with Crippen LogP contribution < -0.4 is 5.32 Å². The fourth-order valence-electron chi connectivity index (χ4n) is 2.18. The number of hydrogen-bond donors (Lipinski definition) is 3. The summed E-state index contributed by atoms with van der Waals surface area (Å²) in [7, 11) is 0. The maximum Gasteiger partial charge on any atom is 0.334 e. The van der Waals surface area contributed by atoms with Crippen molar-refractivity contribution in [1.29, 1.82) is 0 Å². The fraction of sp³-hybridized carbons (Fsp3) is 0.833. The maximum absolute atomic E-state index is 11.8. The highest BCUT2D eigenvalue weighted by atomic mass is 16.4. The average Bonchev–Trinajstić information content (AvgIpc) is 3.20. The van der Waals surface area contributed by atoms with Crippen molar-refractivity contribution in [2.24, 2.45) is 5.92 Å². The summed E-state index contributed by atoms with van der Waals surface area (Å²) in [5.74, 6) is -0.472. The molecule has 0 aromatic heterocycles. The quantitative estimate of drug-likeness (QED) is 0.607. The first-order valence-corrected chi connectivity index (χ1v) is 6.72. The molecule has 2 amide bonds. The number of hydrogen-bond acceptors (Lipinski definition) is 4. The van der Waals surface area contributed by atoms with Crippen LogP contribution in [0.5, 0.6) is 0 Å². The van der Waals surface area contributed by atoms with Crippen molar-refractivity contribution >= 4 is 12.0 Å². The first-order chi connectivity index (χ1) is 9.06. The topological polar surface area (TPSA) is 93.1 Å². The van der Waals surface area contributed by atoms with Crippen LogP contribution in [0.25, 0.3) is 0 Å². The van der Waals surface area contributed by atoms with Crippen LogP contribution in [0.1, 0.15) is 12.8 Å². The Morgan fingerprint density at radius 1 is 1.21 bits per heavy atom. The van der Waals surface area contributed by atoms with Crippen molar-refractivity contribution in [3.8, 4) is 0 Å². The first kappa shape index (κ1) is 14.1. The van der Waals surface area contributed by atoms with Gasteiger partial charge in [0.05, 0.1) is 6.54 Å². The van der Waals surface area contributed by atoms with Gasteiger partial charge < -0.3 is 20.4 Å². The highest BCUT2D eigenvalue weighted by Gasteiger charge is 2.27. The van der Waals surface area contributed by atoms with Gasteiger partial charge in [0.2, 0.25) is 0 Å². The number of nitrogens with one attached hydrogen (secondary N) is 1. The molecule has 19 heavy (non-hydrogen) atoms. The van der Waals surface area contributed by atoms with Crippen molar-refractivity contribution in [3.05, 3.63) is 0 Å². The Balaban J connectivity index is 1.65. The lowest BCUT2D eigenvalue weighted by Crippen LogP contribution is -2.53. The number of piperazine rings is 1. The number of rotatable bonds is 5. The minimum atomic E-state index is -1.54. The Labute approximate surface area is 112 Å². The molecule has 3 N–H and O–H groups in total. The molecule has 1 atom stereocenters. The van der Waals surface area contributed by atoms with Gasteiger partial charge in [-0.1, -0.05) is 0 Å². The summed E-state index contributed by atoms with van der Waals surface area (Å²) in [6, 6.07) is -0.300. The number of carbonyl (C=O) groups is 2. The van der Waals surface area contributed by atoms with Crippen molar-refractivity contribution in [1.82, 2.24) is 15.1 Å². The number of aliphatic hydroxyl groups excluding tert-OH is 1. The van der Waals surface area contributed by atoms with Crippen LogP contribution in [0.4, 0.5) is 4.79 Å². The van der Waals surface area contributed by atoms with E-state index in [1.54, 1.807) is 4.90 Å². The Morgan fingerprint density at radius 3 is 2.37 bits per heavy atom. The Hall–Kier alpha value is -1.34. The molecule has 1 heterocycles. The van der Waals surface area contributed by atoms with E-state index in [-0.39, 0.29) is 12.6 Å². The van der Waals surface area contributed by atoms with Crippen LogP contribution >= 0.6 is 0 Å². The second-order valence-corrected chi connectivity index (χ2v) is 5.27. The highest BCUT2D eigenvalue weighted by molar-refractivity contribution is 5.76. The van der Waals surface area contributed by atoms with E-state index in [2.05, 4.69) is 10.2 Å². The van der Waals surface area contributed by atoms with Gasteiger partial charge in [0.25, 0.3) is 0 Å². The molecule has 1 aliphatic carbocycles. The molecule has 1 saturated carbocycles. The number of nitrogens with zero attached hydrogens (tertiary/aromatic N) is 2. The van der Waals surface area contributed by atoms with E-state index in [0.717, 1.165) is 25.6 Å². The van der Waals surface area contributed by atoms with Gasteiger partial charge in [-0.3, -0.25) is 4.90 Å². The molecule has 0 aromatic carbocycles. The summed E-state index contributed by atoms with van der Waals surface area (Å²) >= 11 is 0. The summed E-state index contributed by atoms with van der Waals surface area (Å²) in [5, 5.41) is 20.0. The lowest BCUT2D eigenvalue weighted by atomic mass is 10.3. The molecule has 2 aliphatic rings. The molecular formula is C12H21N3O4. The van der Waals surface area contributed by atoms with Gasteiger partial charge >= 0.3 is 12.0 Å². The van der Waals surface area contributed by atoms with Crippen molar-refractivity contribution < 1.29 is 19.8 Å². The summed E-state index contributed by atoms with van der Waals surface area (Å²) in [6.07, 6.45) is 1.11. The van der Waals surface area contributed by atoms with E-state index >= 15 is 0 Å². The number of carboxylic acid groups (broad SMARTS) is 1. The second-order valence-electron chi connectivity index (χ2n) is 5.27.